The van der Waals surface area contributed by atoms with Crippen molar-refractivity contribution in [2.45, 2.75) is 0 Å². The summed E-state index contributed by atoms with van der Waals surface area (Å²) in [6, 6.07) is 10.1. The lowest BCUT2D eigenvalue weighted by molar-refractivity contribution is -0.384. The van der Waals surface area contributed by atoms with Gasteiger partial charge in [-0.15, -0.1) is 0 Å². The smallest absolute Gasteiger partial charge is 0.277 e. The Morgan fingerprint density at radius 2 is 2.12 bits per heavy atom. The second-order valence-electron chi connectivity index (χ2n) is 4.51. The summed E-state index contributed by atoms with van der Waals surface area (Å²) in [5, 5.41) is 24.3. The molecule has 0 atom stereocenters. The first kappa shape index (κ1) is 17.2. The van der Waals surface area contributed by atoms with Crippen molar-refractivity contribution < 1.29 is 19.6 Å². The maximum atomic E-state index is 11.6. The first-order valence-electron chi connectivity index (χ1n) is 6.64. The minimum absolute atomic E-state index is 0.0940. The van der Waals surface area contributed by atoms with Crippen LogP contribution in [-0.2, 0) is 4.79 Å². The fraction of sp³-hybridized carbons (Fsp3) is 0.0667. The Balaban J connectivity index is 1.92. The summed E-state index contributed by atoms with van der Waals surface area (Å²) >= 11 is 5.88. The van der Waals surface area contributed by atoms with Crippen LogP contribution in [0, 0.1) is 10.1 Å². The van der Waals surface area contributed by atoms with Crippen molar-refractivity contribution in [1.82, 2.24) is 5.43 Å². The number of nitrogens with one attached hydrogen (secondary N) is 1. The molecule has 0 saturated heterocycles. The van der Waals surface area contributed by atoms with Gasteiger partial charge in [0, 0.05) is 17.7 Å². The second-order valence-corrected chi connectivity index (χ2v) is 4.92. The zero-order valence-corrected chi connectivity index (χ0v) is 12.9. The van der Waals surface area contributed by atoms with Crippen molar-refractivity contribution in [1.29, 1.82) is 0 Å². The molecule has 0 spiro atoms. The first-order valence-corrected chi connectivity index (χ1v) is 7.02. The van der Waals surface area contributed by atoms with E-state index in [1.807, 2.05) is 0 Å². The predicted octanol–water partition coefficient (Wildman–Crippen LogP) is 2.48. The van der Waals surface area contributed by atoms with Crippen LogP contribution in [0.25, 0.3) is 0 Å². The highest BCUT2D eigenvalue weighted by Crippen LogP contribution is 2.23. The van der Waals surface area contributed by atoms with Crippen LogP contribution in [0.15, 0.2) is 47.6 Å². The molecule has 1 amide bonds. The number of hydrogen-bond acceptors (Lipinski definition) is 6. The number of ether oxygens (including phenoxy) is 1. The Morgan fingerprint density at radius 3 is 2.83 bits per heavy atom. The molecule has 24 heavy (non-hydrogen) atoms. The maximum absolute atomic E-state index is 11.6. The highest BCUT2D eigenvalue weighted by molar-refractivity contribution is 6.32. The van der Waals surface area contributed by atoms with Crippen molar-refractivity contribution in [3.63, 3.8) is 0 Å². The molecular weight excluding hydrogens is 338 g/mol. The molecule has 2 aromatic carbocycles. The number of phenols is 1. The average molecular weight is 350 g/mol. The molecule has 0 saturated carbocycles. The summed E-state index contributed by atoms with van der Waals surface area (Å²) in [5.41, 5.74) is 2.07. The molecule has 0 unspecified atom stereocenters. The number of benzene rings is 2. The van der Waals surface area contributed by atoms with Crippen molar-refractivity contribution in [3.8, 4) is 11.5 Å². The Kier molecular flexibility index (Phi) is 5.69. The minimum Gasteiger partial charge on any atom is -0.507 e. The van der Waals surface area contributed by atoms with Gasteiger partial charge in [0.15, 0.2) is 6.61 Å². The van der Waals surface area contributed by atoms with Crippen molar-refractivity contribution in [3.05, 3.63) is 63.2 Å². The van der Waals surface area contributed by atoms with Gasteiger partial charge in [0.1, 0.15) is 11.5 Å². The fourth-order valence-corrected chi connectivity index (χ4v) is 1.86. The molecule has 2 N–H and O–H groups in total. The van der Waals surface area contributed by atoms with Crippen LogP contribution in [0.5, 0.6) is 11.5 Å². The predicted molar refractivity (Wildman–Crippen MR) is 87.4 cm³/mol. The highest BCUT2D eigenvalue weighted by Gasteiger charge is 2.09. The van der Waals surface area contributed by atoms with E-state index in [0.29, 0.717) is 10.8 Å². The molecule has 9 heteroatoms. The summed E-state index contributed by atoms with van der Waals surface area (Å²) in [6.07, 6.45) is 1.09. The molecular formula is C15H12ClN3O5. The van der Waals surface area contributed by atoms with E-state index < -0.39 is 10.8 Å². The van der Waals surface area contributed by atoms with E-state index in [0.717, 1.165) is 18.3 Å². The van der Waals surface area contributed by atoms with Crippen LogP contribution in [0.4, 0.5) is 5.69 Å². The highest BCUT2D eigenvalue weighted by atomic mass is 35.5. The Bertz CT molecular complexity index is 794. The van der Waals surface area contributed by atoms with Crippen LogP contribution in [0.1, 0.15) is 5.56 Å². The van der Waals surface area contributed by atoms with E-state index in [2.05, 4.69) is 10.5 Å². The van der Waals surface area contributed by atoms with Gasteiger partial charge in [-0.1, -0.05) is 23.7 Å². The number of nitro benzene ring substituents is 1. The lowest BCUT2D eigenvalue weighted by Gasteiger charge is -2.06. The van der Waals surface area contributed by atoms with Crippen LogP contribution in [-0.4, -0.2) is 28.8 Å². The average Bonchev–Trinajstić information content (AvgIpc) is 2.55. The summed E-state index contributed by atoms with van der Waals surface area (Å²) in [6.45, 7) is -0.317. The van der Waals surface area contributed by atoms with Crippen LogP contribution >= 0.6 is 11.6 Å². The maximum Gasteiger partial charge on any atom is 0.277 e. The summed E-state index contributed by atoms with van der Waals surface area (Å²) in [5.74, 6) is -0.406. The van der Waals surface area contributed by atoms with E-state index in [-0.39, 0.29) is 23.6 Å². The summed E-state index contributed by atoms with van der Waals surface area (Å²) < 4.78 is 5.22. The van der Waals surface area contributed by atoms with E-state index in [1.54, 1.807) is 24.3 Å². The van der Waals surface area contributed by atoms with Gasteiger partial charge in [0.05, 0.1) is 16.2 Å². The zero-order valence-electron chi connectivity index (χ0n) is 12.2. The van der Waals surface area contributed by atoms with Crippen LogP contribution < -0.4 is 10.2 Å². The third-order valence-electron chi connectivity index (χ3n) is 2.81. The molecule has 8 nitrogen and oxygen atoms in total. The van der Waals surface area contributed by atoms with Gasteiger partial charge in [-0.3, -0.25) is 14.9 Å². The monoisotopic (exact) mass is 349 g/mol. The van der Waals surface area contributed by atoms with E-state index >= 15 is 0 Å². The molecule has 0 fully saturated rings. The zero-order chi connectivity index (χ0) is 17.5. The van der Waals surface area contributed by atoms with E-state index in [9.17, 15) is 20.0 Å². The SMILES string of the molecule is O=C(COc1ccccc1Cl)N/N=C\c1cc([N+](=O)[O-])ccc1O. The molecule has 0 aromatic heterocycles. The Hall–Kier alpha value is -3.13. The van der Waals surface area contributed by atoms with Gasteiger partial charge in [-0.05, 0) is 18.2 Å². The molecule has 0 aliphatic heterocycles. The molecule has 2 rings (SSSR count). The van der Waals surface area contributed by atoms with Gasteiger partial charge < -0.3 is 9.84 Å². The number of nitro groups is 1. The van der Waals surface area contributed by atoms with Gasteiger partial charge in [-0.25, -0.2) is 5.43 Å². The quantitative estimate of drug-likeness (QED) is 0.472. The number of nitrogens with zero attached hydrogens (tertiary/aromatic N) is 2. The number of amides is 1. The number of phenolic OH excluding ortho intramolecular Hbond substituents is 1. The molecule has 0 radical (unpaired) electrons. The first-order chi connectivity index (χ1) is 11.5. The normalized spacial score (nSPS) is 10.5. The molecule has 0 heterocycles. The van der Waals surface area contributed by atoms with Gasteiger partial charge in [0.2, 0.25) is 0 Å². The third kappa shape index (κ3) is 4.68. The molecule has 2 aromatic rings. The third-order valence-corrected chi connectivity index (χ3v) is 3.12. The van der Waals surface area contributed by atoms with Gasteiger partial charge >= 0.3 is 0 Å². The Morgan fingerprint density at radius 1 is 1.38 bits per heavy atom. The number of carbonyl (C=O) groups is 1. The Labute approximate surface area is 141 Å². The van der Waals surface area contributed by atoms with Crippen LogP contribution in [0.2, 0.25) is 5.02 Å². The number of rotatable bonds is 6. The standard InChI is InChI=1S/C15H12ClN3O5/c16-12-3-1-2-4-14(12)24-9-15(21)18-17-8-10-7-11(19(22)23)5-6-13(10)20/h1-8,20H,9H2,(H,18,21)/b17-8-. The van der Waals surface area contributed by atoms with Crippen molar-refractivity contribution in [2.24, 2.45) is 5.10 Å². The number of halogens is 1. The largest absolute Gasteiger partial charge is 0.507 e. The number of carbonyl (C=O) groups excluding carboxylic acids is 1. The number of aromatic hydroxyl groups is 1. The lowest BCUT2D eigenvalue weighted by atomic mass is 10.2. The number of non-ortho nitro benzene ring substituents is 1. The number of para-hydroxylation sites is 1. The lowest BCUT2D eigenvalue weighted by Crippen LogP contribution is -2.24. The van der Waals surface area contributed by atoms with Crippen LogP contribution in [0.3, 0.4) is 0 Å². The number of hydrazone groups is 1. The van der Waals surface area contributed by atoms with E-state index in [4.69, 9.17) is 16.3 Å². The van der Waals surface area contributed by atoms with Gasteiger partial charge in [0.25, 0.3) is 11.6 Å². The fourth-order valence-electron chi connectivity index (χ4n) is 1.67. The second kappa shape index (κ2) is 7.93. The van der Waals surface area contributed by atoms with Gasteiger partial charge in [-0.2, -0.15) is 5.10 Å². The summed E-state index contributed by atoms with van der Waals surface area (Å²) in [4.78, 5) is 21.7. The van der Waals surface area contributed by atoms with E-state index in [1.165, 1.54) is 6.07 Å². The minimum atomic E-state index is -0.604. The topological polar surface area (TPSA) is 114 Å². The summed E-state index contributed by atoms with van der Waals surface area (Å²) in [7, 11) is 0. The molecule has 124 valence electrons. The molecule has 0 aliphatic rings. The number of hydrogen-bond donors (Lipinski definition) is 2. The van der Waals surface area contributed by atoms with Crippen molar-refractivity contribution in [2.75, 3.05) is 6.61 Å². The molecule has 0 bridgehead atoms. The van der Waals surface area contributed by atoms with Crippen molar-refractivity contribution >= 4 is 29.4 Å². The molecule has 0 aliphatic carbocycles.